The van der Waals surface area contributed by atoms with Gasteiger partial charge in [-0.3, -0.25) is 4.79 Å². The highest BCUT2D eigenvalue weighted by atomic mass is 35.5. The minimum atomic E-state index is -0.706. The van der Waals surface area contributed by atoms with Crippen molar-refractivity contribution < 1.29 is 18.7 Å². The van der Waals surface area contributed by atoms with E-state index in [1.807, 2.05) is 0 Å². The number of aromatic amines is 1. The van der Waals surface area contributed by atoms with Gasteiger partial charge in [0.15, 0.2) is 6.61 Å². The number of nitrogens with zero attached hydrogens (tertiary/aromatic N) is 1. The van der Waals surface area contributed by atoms with Crippen molar-refractivity contribution in [1.82, 2.24) is 9.88 Å². The van der Waals surface area contributed by atoms with Crippen molar-refractivity contribution in [2.24, 2.45) is 0 Å². The number of aromatic nitrogens is 1. The molecule has 0 radical (unpaired) electrons. The number of likely N-dealkylation sites (N-methyl/N-ethyl adjacent to an activating group) is 1. The first-order valence-corrected chi connectivity index (χ1v) is 7.32. The van der Waals surface area contributed by atoms with Crippen LogP contribution in [0.15, 0.2) is 30.5 Å². The molecule has 0 saturated carbocycles. The Hall–Kier alpha value is -2.05. The molecule has 0 bridgehead atoms. The lowest BCUT2D eigenvalue weighted by atomic mass is 10.2. The minimum absolute atomic E-state index is 0.0315. The zero-order chi connectivity index (χ0) is 17.0. The first-order chi connectivity index (χ1) is 10.9. The summed E-state index contributed by atoms with van der Waals surface area (Å²) in [6.45, 7) is -0.506. The first-order valence-electron chi connectivity index (χ1n) is 6.56. The van der Waals surface area contributed by atoms with E-state index in [0.29, 0.717) is 5.02 Å². The van der Waals surface area contributed by atoms with Gasteiger partial charge in [0.2, 0.25) is 0 Å². The lowest BCUT2D eigenvalue weighted by molar-refractivity contribution is -0.133. The molecular formula is C15H13Cl2FN2O3. The summed E-state index contributed by atoms with van der Waals surface area (Å²) >= 11 is 11.6. The number of esters is 1. The summed E-state index contributed by atoms with van der Waals surface area (Å²) in [6, 6.07) is 5.66. The fourth-order valence-corrected chi connectivity index (χ4v) is 2.20. The van der Waals surface area contributed by atoms with E-state index in [4.69, 9.17) is 27.9 Å². The second-order valence-electron chi connectivity index (χ2n) is 4.76. The van der Waals surface area contributed by atoms with Gasteiger partial charge in [-0.2, -0.15) is 0 Å². The van der Waals surface area contributed by atoms with Crippen molar-refractivity contribution in [2.75, 3.05) is 13.7 Å². The molecule has 0 spiro atoms. The molecule has 1 amide bonds. The Morgan fingerprint density at radius 3 is 2.70 bits per heavy atom. The zero-order valence-corrected chi connectivity index (χ0v) is 13.6. The highest BCUT2D eigenvalue weighted by Crippen LogP contribution is 2.20. The quantitative estimate of drug-likeness (QED) is 0.834. The minimum Gasteiger partial charge on any atom is -0.451 e. The molecule has 122 valence electrons. The standard InChI is InChI=1S/C15H13Cl2FN2O3/c1-20(7-10-11(17)3-2-4-12(10)18)14(21)8-23-15(22)13-5-9(16)6-19-13/h2-6,19H,7-8H2,1H3. The van der Waals surface area contributed by atoms with Gasteiger partial charge in [0.1, 0.15) is 11.5 Å². The van der Waals surface area contributed by atoms with Crippen LogP contribution in [0.2, 0.25) is 10.0 Å². The third kappa shape index (κ3) is 4.46. The molecule has 0 atom stereocenters. The van der Waals surface area contributed by atoms with E-state index in [2.05, 4.69) is 4.98 Å². The van der Waals surface area contributed by atoms with Gasteiger partial charge in [0, 0.05) is 30.4 Å². The third-order valence-electron chi connectivity index (χ3n) is 3.08. The molecule has 2 rings (SSSR count). The van der Waals surface area contributed by atoms with E-state index in [1.54, 1.807) is 0 Å². The van der Waals surface area contributed by atoms with Crippen LogP contribution in [0.4, 0.5) is 4.39 Å². The number of rotatable bonds is 5. The van der Waals surface area contributed by atoms with E-state index in [-0.39, 0.29) is 22.8 Å². The second kappa shape index (κ2) is 7.48. The van der Waals surface area contributed by atoms with Crippen molar-refractivity contribution in [2.45, 2.75) is 6.54 Å². The van der Waals surface area contributed by atoms with Gasteiger partial charge in [-0.15, -0.1) is 0 Å². The van der Waals surface area contributed by atoms with Crippen LogP contribution in [-0.2, 0) is 16.1 Å². The van der Waals surface area contributed by atoms with Crippen LogP contribution in [0, 0.1) is 5.82 Å². The average Bonchev–Trinajstić information content (AvgIpc) is 2.94. The summed E-state index contributed by atoms with van der Waals surface area (Å²) < 4.78 is 18.6. The molecule has 0 aliphatic carbocycles. The highest BCUT2D eigenvalue weighted by Gasteiger charge is 2.17. The van der Waals surface area contributed by atoms with Crippen LogP contribution in [-0.4, -0.2) is 35.4 Å². The molecule has 0 fully saturated rings. The smallest absolute Gasteiger partial charge is 0.355 e. The molecule has 0 unspecified atom stereocenters. The Labute approximate surface area is 141 Å². The van der Waals surface area contributed by atoms with Gasteiger partial charge in [0.05, 0.1) is 5.02 Å². The molecule has 1 aromatic heterocycles. The van der Waals surface area contributed by atoms with Gasteiger partial charge in [-0.1, -0.05) is 29.3 Å². The van der Waals surface area contributed by atoms with E-state index in [9.17, 15) is 14.0 Å². The predicted molar refractivity (Wildman–Crippen MR) is 84.0 cm³/mol. The lowest BCUT2D eigenvalue weighted by Gasteiger charge is -2.18. The third-order valence-corrected chi connectivity index (χ3v) is 3.65. The van der Waals surface area contributed by atoms with Crippen LogP contribution < -0.4 is 0 Å². The number of ether oxygens (including phenoxy) is 1. The summed E-state index contributed by atoms with van der Waals surface area (Å²) in [7, 11) is 1.46. The molecule has 1 N–H and O–H groups in total. The van der Waals surface area contributed by atoms with E-state index in [0.717, 1.165) is 0 Å². The van der Waals surface area contributed by atoms with E-state index >= 15 is 0 Å². The number of halogens is 3. The van der Waals surface area contributed by atoms with Crippen molar-refractivity contribution in [3.8, 4) is 0 Å². The number of benzene rings is 1. The molecular weight excluding hydrogens is 346 g/mol. The fourth-order valence-electron chi connectivity index (χ4n) is 1.81. The van der Waals surface area contributed by atoms with Gasteiger partial charge < -0.3 is 14.6 Å². The van der Waals surface area contributed by atoms with Gasteiger partial charge >= 0.3 is 5.97 Å². The van der Waals surface area contributed by atoms with Crippen molar-refractivity contribution >= 4 is 35.1 Å². The van der Waals surface area contributed by atoms with Crippen LogP contribution >= 0.6 is 23.2 Å². The lowest BCUT2D eigenvalue weighted by Crippen LogP contribution is -2.31. The number of amides is 1. The average molecular weight is 359 g/mol. The summed E-state index contributed by atoms with van der Waals surface area (Å²) in [5, 5.41) is 0.581. The Kier molecular flexibility index (Phi) is 5.63. The molecule has 0 aliphatic heterocycles. The maximum absolute atomic E-state index is 13.7. The summed E-state index contributed by atoms with van der Waals surface area (Å²) in [5.41, 5.74) is 0.343. The van der Waals surface area contributed by atoms with Crippen molar-refractivity contribution in [3.63, 3.8) is 0 Å². The largest absolute Gasteiger partial charge is 0.451 e. The normalized spacial score (nSPS) is 10.4. The molecule has 0 aliphatic rings. The first kappa shape index (κ1) is 17.3. The van der Waals surface area contributed by atoms with E-state index < -0.39 is 24.3 Å². The predicted octanol–water partition coefficient (Wildman–Crippen LogP) is 3.28. The summed E-state index contributed by atoms with van der Waals surface area (Å²) in [6.07, 6.45) is 1.42. The molecule has 0 saturated heterocycles. The second-order valence-corrected chi connectivity index (χ2v) is 5.60. The Bertz CT molecular complexity index is 713. The summed E-state index contributed by atoms with van der Waals surface area (Å²) in [5.74, 6) is -1.70. The van der Waals surface area contributed by atoms with Crippen LogP contribution in [0.1, 0.15) is 16.1 Å². The fraction of sp³-hybridized carbons (Fsp3) is 0.200. The monoisotopic (exact) mass is 358 g/mol. The van der Waals surface area contributed by atoms with Crippen molar-refractivity contribution in [1.29, 1.82) is 0 Å². The van der Waals surface area contributed by atoms with Gasteiger partial charge in [0.25, 0.3) is 5.91 Å². The number of hydrogen-bond acceptors (Lipinski definition) is 3. The molecule has 8 heteroatoms. The van der Waals surface area contributed by atoms with E-state index in [1.165, 1.54) is 42.4 Å². The number of carbonyl (C=O) groups is 2. The number of H-pyrrole nitrogens is 1. The SMILES string of the molecule is CN(Cc1c(F)cccc1Cl)C(=O)COC(=O)c1cc(Cl)c[nH]1. The molecule has 23 heavy (non-hydrogen) atoms. The molecule has 5 nitrogen and oxygen atoms in total. The Morgan fingerprint density at radius 2 is 2.09 bits per heavy atom. The van der Waals surface area contributed by atoms with Crippen molar-refractivity contribution in [3.05, 3.63) is 57.6 Å². The van der Waals surface area contributed by atoms with Gasteiger partial charge in [-0.25, -0.2) is 9.18 Å². The molecule has 1 aromatic carbocycles. The maximum Gasteiger partial charge on any atom is 0.355 e. The highest BCUT2D eigenvalue weighted by molar-refractivity contribution is 6.31. The Morgan fingerprint density at radius 1 is 1.35 bits per heavy atom. The number of hydrogen-bond donors (Lipinski definition) is 1. The summed E-state index contributed by atoms with van der Waals surface area (Å²) in [4.78, 5) is 27.5. The topological polar surface area (TPSA) is 62.4 Å². The van der Waals surface area contributed by atoms with Crippen LogP contribution in [0.25, 0.3) is 0 Å². The van der Waals surface area contributed by atoms with Crippen LogP contribution in [0.5, 0.6) is 0 Å². The number of carbonyl (C=O) groups excluding carboxylic acids is 2. The zero-order valence-electron chi connectivity index (χ0n) is 12.1. The Balaban J connectivity index is 1.91. The molecule has 2 aromatic rings. The van der Waals surface area contributed by atoms with Gasteiger partial charge in [-0.05, 0) is 18.2 Å². The molecule has 1 heterocycles. The maximum atomic E-state index is 13.7. The number of nitrogens with one attached hydrogen (secondary N) is 1. The van der Waals surface area contributed by atoms with Crippen LogP contribution in [0.3, 0.4) is 0 Å².